The van der Waals surface area contributed by atoms with Gasteiger partial charge in [-0.15, -0.1) is 0 Å². The molecule has 2 fully saturated rings. The number of hydrogen-bond acceptors (Lipinski definition) is 2. The van der Waals surface area contributed by atoms with Crippen molar-refractivity contribution >= 4 is 5.91 Å². The summed E-state index contributed by atoms with van der Waals surface area (Å²) in [5, 5.41) is 9.07. The highest BCUT2D eigenvalue weighted by atomic mass is 16.3. The Morgan fingerprint density at radius 1 is 1.15 bits per heavy atom. The lowest BCUT2D eigenvalue weighted by molar-refractivity contribution is -0.146. The van der Waals surface area contributed by atoms with Crippen molar-refractivity contribution < 1.29 is 9.90 Å². The Morgan fingerprint density at radius 2 is 1.77 bits per heavy atom. The highest BCUT2D eigenvalue weighted by Gasteiger charge is 2.33. The summed E-state index contributed by atoms with van der Waals surface area (Å²) in [7, 11) is 0. The van der Waals surface area contributed by atoms with Gasteiger partial charge in [-0.25, -0.2) is 0 Å². The molecule has 0 spiro atoms. The zero-order valence-corrected chi connectivity index (χ0v) is 7.91. The largest absolute Gasteiger partial charge is 0.389 e. The molecule has 0 atom stereocenters. The minimum atomic E-state index is -0.257. The fourth-order valence-corrected chi connectivity index (χ4v) is 2.24. The highest BCUT2D eigenvalue weighted by Crippen LogP contribution is 2.26. The van der Waals surface area contributed by atoms with Crippen LogP contribution in [0.2, 0.25) is 0 Å². The third-order valence-corrected chi connectivity index (χ3v) is 3.13. The zero-order chi connectivity index (χ0) is 9.26. The molecular weight excluding hydrogens is 166 g/mol. The van der Waals surface area contributed by atoms with Crippen LogP contribution in [0.15, 0.2) is 0 Å². The number of likely N-dealkylation sites (tertiary alicyclic amines) is 1. The number of β-amino-alcohol motifs (C(OH)–C–C–N with tert-alkyl or cyclic N) is 1. The van der Waals surface area contributed by atoms with Crippen LogP contribution in [0, 0.1) is 5.92 Å². The monoisotopic (exact) mass is 183 g/mol. The molecule has 74 valence electrons. The SMILES string of the molecule is O=C(C1CCCCC1)N1CC(O)C1. The maximum Gasteiger partial charge on any atom is 0.225 e. The molecule has 1 heterocycles. The van der Waals surface area contributed by atoms with Crippen molar-refractivity contribution in [1.29, 1.82) is 0 Å². The van der Waals surface area contributed by atoms with Crippen LogP contribution in [0.3, 0.4) is 0 Å². The molecule has 3 nitrogen and oxygen atoms in total. The number of rotatable bonds is 1. The molecule has 1 saturated carbocycles. The van der Waals surface area contributed by atoms with Crippen molar-refractivity contribution in [3.63, 3.8) is 0 Å². The van der Waals surface area contributed by atoms with E-state index in [-0.39, 0.29) is 17.9 Å². The van der Waals surface area contributed by atoms with Gasteiger partial charge in [-0.2, -0.15) is 0 Å². The summed E-state index contributed by atoms with van der Waals surface area (Å²) >= 11 is 0. The number of nitrogens with zero attached hydrogens (tertiary/aromatic N) is 1. The predicted octanol–water partition coefficient (Wildman–Crippen LogP) is 0.770. The fourth-order valence-electron chi connectivity index (χ4n) is 2.24. The average molecular weight is 183 g/mol. The number of carbonyl (C=O) groups is 1. The van der Waals surface area contributed by atoms with Crippen LogP contribution >= 0.6 is 0 Å². The van der Waals surface area contributed by atoms with Gasteiger partial charge >= 0.3 is 0 Å². The van der Waals surface area contributed by atoms with E-state index in [1.54, 1.807) is 4.90 Å². The first-order valence-electron chi connectivity index (χ1n) is 5.24. The molecule has 1 aliphatic heterocycles. The van der Waals surface area contributed by atoms with Crippen LogP contribution in [0.1, 0.15) is 32.1 Å². The van der Waals surface area contributed by atoms with E-state index in [1.165, 1.54) is 19.3 Å². The molecule has 0 aromatic heterocycles. The molecule has 1 aliphatic carbocycles. The van der Waals surface area contributed by atoms with Crippen molar-refractivity contribution in [2.24, 2.45) is 5.92 Å². The Kier molecular flexibility index (Phi) is 2.54. The lowest BCUT2D eigenvalue weighted by Gasteiger charge is -2.38. The standard InChI is InChI=1S/C10H17NO2/c12-9-6-11(7-9)10(13)8-4-2-1-3-5-8/h8-9,12H,1-7H2. The van der Waals surface area contributed by atoms with Gasteiger partial charge in [0.1, 0.15) is 0 Å². The minimum Gasteiger partial charge on any atom is -0.389 e. The molecule has 13 heavy (non-hydrogen) atoms. The Bertz CT molecular complexity index is 193. The van der Waals surface area contributed by atoms with E-state index in [0.717, 1.165) is 12.8 Å². The summed E-state index contributed by atoms with van der Waals surface area (Å²) in [6.07, 6.45) is 5.55. The van der Waals surface area contributed by atoms with E-state index in [9.17, 15) is 4.79 Å². The maximum absolute atomic E-state index is 11.7. The van der Waals surface area contributed by atoms with E-state index in [0.29, 0.717) is 13.1 Å². The lowest BCUT2D eigenvalue weighted by atomic mass is 9.87. The third-order valence-electron chi connectivity index (χ3n) is 3.13. The Balaban J connectivity index is 1.82. The molecule has 2 rings (SSSR count). The highest BCUT2D eigenvalue weighted by molar-refractivity contribution is 5.79. The summed E-state index contributed by atoms with van der Waals surface area (Å²) in [5.41, 5.74) is 0. The molecule has 1 N–H and O–H groups in total. The van der Waals surface area contributed by atoms with Gasteiger partial charge in [0.05, 0.1) is 6.10 Å². The normalized spacial score (nSPS) is 25.8. The Hall–Kier alpha value is -0.570. The van der Waals surface area contributed by atoms with Crippen LogP contribution in [-0.4, -0.2) is 35.1 Å². The number of aliphatic hydroxyl groups excluding tert-OH is 1. The van der Waals surface area contributed by atoms with Gasteiger partial charge in [-0.3, -0.25) is 4.79 Å². The molecule has 2 aliphatic rings. The summed E-state index contributed by atoms with van der Waals surface area (Å²) in [6.45, 7) is 1.13. The van der Waals surface area contributed by atoms with Crippen molar-refractivity contribution in [2.45, 2.75) is 38.2 Å². The van der Waals surface area contributed by atoms with Gasteiger partial charge in [0.2, 0.25) is 5.91 Å². The smallest absolute Gasteiger partial charge is 0.225 e. The van der Waals surface area contributed by atoms with Crippen LogP contribution in [0.5, 0.6) is 0 Å². The molecule has 1 saturated heterocycles. The van der Waals surface area contributed by atoms with Gasteiger partial charge < -0.3 is 10.0 Å². The summed E-state index contributed by atoms with van der Waals surface area (Å²) in [6, 6.07) is 0. The van der Waals surface area contributed by atoms with Crippen LogP contribution < -0.4 is 0 Å². The number of aliphatic hydroxyl groups is 1. The second kappa shape index (κ2) is 3.66. The first kappa shape index (κ1) is 9.00. The van der Waals surface area contributed by atoms with E-state index in [4.69, 9.17) is 5.11 Å². The summed E-state index contributed by atoms with van der Waals surface area (Å²) in [4.78, 5) is 13.5. The molecule has 0 bridgehead atoms. The van der Waals surface area contributed by atoms with Crippen molar-refractivity contribution in [2.75, 3.05) is 13.1 Å². The second-order valence-electron chi connectivity index (χ2n) is 4.23. The number of amides is 1. The second-order valence-corrected chi connectivity index (χ2v) is 4.23. The van der Waals surface area contributed by atoms with Crippen LogP contribution in [0.4, 0.5) is 0 Å². The topological polar surface area (TPSA) is 40.5 Å². The average Bonchev–Trinajstić information content (AvgIpc) is 2.13. The third kappa shape index (κ3) is 1.85. The van der Waals surface area contributed by atoms with Gasteiger partial charge in [0, 0.05) is 19.0 Å². The zero-order valence-electron chi connectivity index (χ0n) is 7.91. The molecule has 1 amide bonds. The van der Waals surface area contributed by atoms with Crippen molar-refractivity contribution in [3.05, 3.63) is 0 Å². The van der Waals surface area contributed by atoms with E-state index in [2.05, 4.69) is 0 Å². The number of hydrogen-bond donors (Lipinski definition) is 1. The van der Waals surface area contributed by atoms with Gasteiger partial charge in [-0.05, 0) is 12.8 Å². The Labute approximate surface area is 78.7 Å². The van der Waals surface area contributed by atoms with Gasteiger partial charge in [0.15, 0.2) is 0 Å². The van der Waals surface area contributed by atoms with Crippen molar-refractivity contribution in [1.82, 2.24) is 4.90 Å². The van der Waals surface area contributed by atoms with Gasteiger partial charge in [0.25, 0.3) is 0 Å². The van der Waals surface area contributed by atoms with Crippen LogP contribution in [-0.2, 0) is 4.79 Å². The molecule has 3 heteroatoms. The lowest BCUT2D eigenvalue weighted by Crippen LogP contribution is -2.55. The molecular formula is C10H17NO2. The van der Waals surface area contributed by atoms with E-state index in [1.807, 2.05) is 0 Å². The predicted molar refractivity (Wildman–Crippen MR) is 49.2 cm³/mol. The quantitative estimate of drug-likeness (QED) is 0.652. The first-order chi connectivity index (χ1) is 6.27. The van der Waals surface area contributed by atoms with E-state index >= 15 is 0 Å². The van der Waals surface area contributed by atoms with E-state index < -0.39 is 0 Å². The van der Waals surface area contributed by atoms with Gasteiger partial charge in [-0.1, -0.05) is 19.3 Å². The fraction of sp³-hybridized carbons (Fsp3) is 0.900. The molecule has 0 radical (unpaired) electrons. The molecule has 0 aromatic rings. The minimum absolute atomic E-state index is 0.257. The summed E-state index contributed by atoms with van der Waals surface area (Å²) < 4.78 is 0. The maximum atomic E-state index is 11.7. The van der Waals surface area contributed by atoms with Crippen molar-refractivity contribution in [3.8, 4) is 0 Å². The first-order valence-corrected chi connectivity index (χ1v) is 5.24. The molecule has 0 aromatic carbocycles. The number of carbonyl (C=O) groups excluding carboxylic acids is 1. The molecule has 0 unspecified atom stereocenters. The van der Waals surface area contributed by atoms with Crippen LogP contribution in [0.25, 0.3) is 0 Å². The summed E-state index contributed by atoms with van der Waals surface area (Å²) in [5.74, 6) is 0.547. The Morgan fingerprint density at radius 3 is 2.31 bits per heavy atom.